The van der Waals surface area contributed by atoms with Crippen LogP contribution >= 0.6 is 0 Å². The van der Waals surface area contributed by atoms with Gasteiger partial charge < -0.3 is 20.7 Å². The van der Waals surface area contributed by atoms with Gasteiger partial charge in [0, 0.05) is 29.5 Å². The summed E-state index contributed by atoms with van der Waals surface area (Å²) in [7, 11) is 0. The van der Waals surface area contributed by atoms with Gasteiger partial charge in [-0.1, -0.05) is 31.2 Å². The number of nitrogens with one attached hydrogen (secondary N) is 3. The number of benzene rings is 2. The predicted octanol–water partition coefficient (Wildman–Crippen LogP) is 5.84. The Labute approximate surface area is 181 Å². The zero-order valence-corrected chi connectivity index (χ0v) is 18.3. The van der Waals surface area contributed by atoms with Crippen molar-refractivity contribution in [2.45, 2.75) is 58.4 Å². The van der Waals surface area contributed by atoms with Crippen molar-refractivity contribution < 1.29 is 22.7 Å². The molecule has 5 nitrogen and oxygen atoms in total. The van der Waals surface area contributed by atoms with Crippen molar-refractivity contribution in [2.75, 3.05) is 11.9 Å². The van der Waals surface area contributed by atoms with Gasteiger partial charge in [0.15, 0.2) is 0 Å². The number of halogens is 3. The number of hydrogen-bond donors (Lipinski definition) is 3. The second-order valence-corrected chi connectivity index (χ2v) is 8.32. The maximum absolute atomic E-state index is 13.0. The molecule has 0 aliphatic heterocycles. The molecule has 2 aromatic carbocycles. The zero-order chi connectivity index (χ0) is 23.1. The second kappa shape index (κ2) is 10.5. The standard InChI is InChI=1S/C23H30F3N3O2/c1-5-18(15-31-21(30)29-22(2,3)4)27-14-16-9-6-7-12-20(16)28-19-11-8-10-17(13-19)23(24,25)26/h6-13,18,27-28H,5,14-15H2,1-4H3,(H,29,30). The molecule has 2 rings (SSSR count). The van der Waals surface area contributed by atoms with Crippen LogP contribution in [0, 0.1) is 0 Å². The molecular formula is C23H30F3N3O2. The molecule has 3 N–H and O–H groups in total. The van der Waals surface area contributed by atoms with Gasteiger partial charge in [0.1, 0.15) is 6.61 Å². The van der Waals surface area contributed by atoms with E-state index >= 15 is 0 Å². The van der Waals surface area contributed by atoms with Gasteiger partial charge in [-0.15, -0.1) is 0 Å². The summed E-state index contributed by atoms with van der Waals surface area (Å²) in [4.78, 5) is 11.9. The molecule has 31 heavy (non-hydrogen) atoms. The van der Waals surface area contributed by atoms with E-state index < -0.39 is 17.8 Å². The van der Waals surface area contributed by atoms with E-state index in [0.717, 1.165) is 24.1 Å². The molecule has 0 saturated heterocycles. The molecule has 0 fully saturated rings. The van der Waals surface area contributed by atoms with Crippen LogP contribution < -0.4 is 16.0 Å². The molecular weight excluding hydrogens is 407 g/mol. The highest BCUT2D eigenvalue weighted by Gasteiger charge is 2.30. The van der Waals surface area contributed by atoms with Crippen molar-refractivity contribution in [3.63, 3.8) is 0 Å². The van der Waals surface area contributed by atoms with E-state index in [4.69, 9.17) is 4.74 Å². The lowest BCUT2D eigenvalue weighted by Gasteiger charge is -2.22. The first-order chi connectivity index (χ1) is 14.5. The SMILES string of the molecule is CCC(COC(=O)NC(C)(C)C)NCc1ccccc1Nc1cccc(C(F)(F)F)c1. The molecule has 1 unspecified atom stereocenters. The summed E-state index contributed by atoms with van der Waals surface area (Å²) in [6.45, 7) is 8.27. The van der Waals surface area contributed by atoms with Gasteiger partial charge in [-0.05, 0) is 57.0 Å². The number of carbonyl (C=O) groups excluding carboxylic acids is 1. The number of alkyl carbamates (subject to hydrolysis) is 1. The summed E-state index contributed by atoms with van der Waals surface area (Å²) in [5.74, 6) is 0. The summed E-state index contributed by atoms with van der Waals surface area (Å²) in [6.07, 6.45) is -4.13. The van der Waals surface area contributed by atoms with Gasteiger partial charge in [0.05, 0.1) is 5.56 Å². The van der Waals surface area contributed by atoms with Crippen LogP contribution in [0.25, 0.3) is 0 Å². The van der Waals surface area contributed by atoms with Crippen LogP contribution in [0.5, 0.6) is 0 Å². The largest absolute Gasteiger partial charge is 0.448 e. The summed E-state index contributed by atoms with van der Waals surface area (Å²) in [5, 5.41) is 9.15. The number of alkyl halides is 3. The average Bonchev–Trinajstić information content (AvgIpc) is 2.67. The lowest BCUT2D eigenvalue weighted by atomic mass is 10.1. The Bertz CT molecular complexity index is 864. The topological polar surface area (TPSA) is 62.4 Å². The summed E-state index contributed by atoms with van der Waals surface area (Å²) >= 11 is 0. The smallest absolute Gasteiger partial charge is 0.416 e. The van der Waals surface area contributed by atoms with Crippen molar-refractivity contribution >= 4 is 17.5 Å². The summed E-state index contributed by atoms with van der Waals surface area (Å²) < 4.78 is 44.2. The molecule has 0 bridgehead atoms. The number of ether oxygens (including phenoxy) is 1. The number of para-hydroxylation sites is 1. The first-order valence-corrected chi connectivity index (χ1v) is 10.2. The van der Waals surface area contributed by atoms with Crippen molar-refractivity contribution in [3.8, 4) is 0 Å². The van der Waals surface area contributed by atoms with E-state index in [1.807, 2.05) is 52.0 Å². The number of rotatable bonds is 8. The molecule has 2 aromatic rings. The minimum absolute atomic E-state index is 0.0627. The van der Waals surface area contributed by atoms with E-state index in [2.05, 4.69) is 16.0 Å². The third kappa shape index (κ3) is 8.49. The fraction of sp³-hybridized carbons (Fsp3) is 0.435. The Morgan fingerprint density at radius 1 is 1.06 bits per heavy atom. The second-order valence-electron chi connectivity index (χ2n) is 8.32. The van der Waals surface area contributed by atoms with Crippen molar-refractivity contribution in [1.82, 2.24) is 10.6 Å². The molecule has 0 aromatic heterocycles. The molecule has 170 valence electrons. The van der Waals surface area contributed by atoms with Crippen molar-refractivity contribution in [1.29, 1.82) is 0 Å². The Balaban J connectivity index is 2.00. The highest BCUT2D eigenvalue weighted by Crippen LogP contribution is 2.31. The van der Waals surface area contributed by atoms with E-state index in [1.165, 1.54) is 6.07 Å². The molecule has 0 heterocycles. The van der Waals surface area contributed by atoms with Crippen LogP contribution in [-0.2, 0) is 17.5 Å². The predicted molar refractivity (Wildman–Crippen MR) is 116 cm³/mol. The maximum Gasteiger partial charge on any atom is 0.416 e. The highest BCUT2D eigenvalue weighted by atomic mass is 19.4. The molecule has 0 aliphatic carbocycles. The molecule has 0 spiro atoms. The van der Waals surface area contributed by atoms with Gasteiger partial charge in [0.25, 0.3) is 0 Å². The lowest BCUT2D eigenvalue weighted by molar-refractivity contribution is -0.137. The third-order valence-corrected chi connectivity index (χ3v) is 4.45. The van der Waals surface area contributed by atoms with Crippen molar-refractivity contribution in [3.05, 3.63) is 59.7 Å². The number of hydrogen-bond acceptors (Lipinski definition) is 4. The van der Waals surface area contributed by atoms with E-state index in [1.54, 1.807) is 6.07 Å². The van der Waals surface area contributed by atoms with Gasteiger partial charge >= 0.3 is 12.3 Å². The fourth-order valence-electron chi connectivity index (χ4n) is 2.82. The first kappa shape index (κ1) is 24.5. The van der Waals surface area contributed by atoms with Crippen LogP contribution in [0.4, 0.5) is 29.3 Å². The minimum atomic E-state index is -4.40. The Morgan fingerprint density at radius 3 is 2.42 bits per heavy atom. The normalized spacial score (nSPS) is 12.9. The van der Waals surface area contributed by atoms with Gasteiger partial charge in [0.2, 0.25) is 0 Å². The Kier molecular flexibility index (Phi) is 8.33. The molecule has 1 amide bonds. The fourth-order valence-corrected chi connectivity index (χ4v) is 2.82. The molecule has 0 saturated carbocycles. The molecule has 8 heteroatoms. The van der Waals surface area contributed by atoms with Gasteiger partial charge in [-0.2, -0.15) is 13.2 Å². The number of carbonyl (C=O) groups is 1. The number of amides is 1. The Morgan fingerprint density at radius 2 is 1.77 bits per heavy atom. The van der Waals surface area contributed by atoms with Crippen LogP contribution in [0.15, 0.2) is 48.5 Å². The van der Waals surface area contributed by atoms with Crippen LogP contribution in [-0.4, -0.2) is 24.3 Å². The molecule has 1 atom stereocenters. The van der Waals surface area contributed by atoms with E-state index in [9.17, 15) is 18.0 Å². The summed E-state index contributed by atoms with van der Waals surface area (Å²) in [5.41, 5.74) is 0.870. The molecule has 0 aliphatic rings. The number of anilines is 2. The van der Waals surface area contributed by atoms with Gasteiger partial charge in [-0.25, -0.2) is 4.79 Å². The van der Waals surface area contributed by atoms with Crippen LogP contribution in [0.3, 0.4) is 0 Å². The first-order valence-electron chi connectivity index (χ1n) is 10.2. The Hall–Kier alpha value is -2.74. The van der Waals surface area contributed by atoms with Crippen LogP contribution in [0.2, 0.25) is 0 Å². The highest BCUT2D eigenvalue weighted by molar-refractivity contribution is 5.68. The lowest BCUT2D eigenvalue weighted by Crippen LogP contribution is -2.43. The van der Waals surface area contributed by atoms with Gasteiger partial charge in [-0.3, -0.25) is 0 Å². The summed E-state index contributed by atoms with van der Waals surface area (Å²) in [6, 6.07) is 12.4. The van der Waals surface area contributed by atoms with E-state index in [-0.39, 0.29) is 18.2 Å². The minimum Gasteiger partial charge on any atom is -0.448 e. The van der Waals surface area contributed by atoms with Crippen LogP contribution in [0.1, 0.15) is 45.2 Å². The van der Waals surface area contributed by atoms with Crippen molar-refractivity contribution in [2.24, 2.45) is 0 Å². The quantitative estimate of drug-likeness (QED) is 0.485. The third-order valence-electron chi connectivity index (χ3n) is 4.45. The van der Waals surface area contributed by atoms with E-state index in [0.29, 0.717) is 17.9 Å². The zero-order valence-electron chi connectivity index (χ0n) is 18.3. The average molecular weight is 438 g/mol. The maximum atomic E-state index is 13.0. The monoisotopic (exact) mass is 437 g/mol. The molecule has 0 radical (unpaired) electrons.